The number of rotatable bonds is 2. The predicted octanol–water partition coefficient (Wildman–Crippen LogP) is 1.54. The first kappa shape index (κ1) is 14.4. The highest BCUT2D eigenvalue weighted by molar-refractivity contribution is 9.10. The second kappa shape index (κ2) is 4.26. The Morgan fingerprint density at radius 1 is 1.42 bits per heavy atom. The van der Waals surface area contributed by atoms with Gasteiger partial charge in [-0.25, -0.2) is 12.7 Å². The highest BCUT2D eigenvalue weighted by Crippen LogP contribution is 2.40. The summed E-state index contributed by atoms with van der Waals surface area (Å²) in [4.78, 5) is 12.0. The van der Waals surface area contributed by atoms with Crippen LogP contribution >= 0.6 is 28.1 Å². The van der Waals surface area contributed by atoms with E-state index in [0.29, 0.717) is 10.0 Å². The molecule has 0 aliphatic carbocycles. The maximum Gasteiger partial charge on any atom is 0.263 e. The van der Waals surface area contributed by atoms with Crippen molar-refractivity contribution in [2.75, 3.05) is 4.31 Å². The van der Waals surface area contributed by atoms with E-state index in [2.05, 4.69) is 15.9 Å². The van der Waals surface area contributed by atoms with Crippen LogP contribution in [0.3, 0.4) is 0 Å². The molecule has 0 spiro atoms. The van der Waals surface area contributed by atoms with Gasteiger partial charge in [0.25, 0.3) is 15.9 Å². The molecule has 1 aliphatic rings. The zero-order chi connectivity index (χ0) is 14.6. The molecule has 0 aromatic heterocycles. The van der Waals surface area contributed by atoms with Crippen LogP contribution in [0.2, 0.25) is 0 Å². The van der Waals surface area contributed by atoms with Crippen LogP contribution < -0.4 is 10.0 Å². The number of nitrogens with zero attached hydrogens (tertiary/aromatic N) is 1. The molecule has 2 N–H and O–H groups in total. The van der Waals surface area contributed by atoms with Crippen LogP contribution in [0, 0.1) is 0 Å². The standard InChI is InChI=1S/C11H11BrN2O3S2/c1-11(2)10(15)14(19(11,16)17)8-4-3-6(12)5-7(8)9(13)18/h3-5H,1-2H3,(H2,13,18). The van der Waals surface area contributed by atoms with E-state index >= 15 is 0 Å². The SMILES string of the molecule is CC1(C)C(=O)N(c2ccc(Br)cc2C(N)=S)S1(=O)=O. The molecule has 0 unspecified atom stereocenters. The summed E-state index contributed by atoms with van der Waals surface area (Å²) in [7, 11) is -3.72. The molecule has 1 fully saturated rings. The molecule has 1 heterocycles. The summed E-state index contributed by atoms with van der Waals surface area (Å²) in [5.41, 5.74) is 6.12. The molecule has 1 amide bonds. The number of amides is 1. The first-order chi connectivity index (χ1) is 8.60. The van der Waals surface area contributed by atoms with Gasteiger partial charge in [0, 0.05) is 10.0 Å². The fourth-order valence-corrected chi connectivity index (χ4v) is 3.80. The largest absolute Gasteiger partial charge is 0.389 e. The molecule has 1 aromatic rings. The lowest BCUT2D eigenvalue weighted by atomic mass is 10.1. The Morgan fingerprint density at radius 3 is 2.47 bits per heavy atom. The van der Waals surface area contributed by atoms with Gasteiger partial charge in [-0.2, -0.15) is 0 Å². The number of thiocarbonyl (C=S) groups is 1. The number of carbonyl (C=O) groups excluding carboxylic acids is 1. The van der Waals surface area contributed by atoms with Crippen molar-refractivity contribution in [2.45, 2.75) is 18.6 Å². The number of anilines is 1. The van der Waals surface area contributed by atoms with Gasteiger partial charge in [-0.05, 0) is 32.0 Å². The average Bonchev–Trinajstić information content (AvgIpc) is 2.30. The molecule has 0 saturated carbocycles. The summed E-state index contributed by atoms with van der Waals surface area (Å²) < 4.78 is 24.3. The minimum absolute atomic E-state index is 0.0315. The second-order valence-electron chi connectivity index (χ2n) is 4.61. The van der Waals surface area contributed by atoms with Crippen LogP contribution in [0.25, 0.3) is 0 Å². The molecule has 102 valence electrons. The molecule has 0 radical (unpaired) electrons. The van der Waals surface area contributed by atoms with Crippen LogP contribution in [0.5, 0.6) is 0 Å². The summed E-state index contributed by atoms with van der Waals surface area (Å²) in [5.74, 6) is -0.493. The minimum atomic E-state index is -3.72. The highest BCUT2D eigenvalue weighted by Gasteiger charge is 2.61. The van der Waals surface area contributed by atoms with Crippen molar-refractivity contribution in [3.8, 4) is 0 Å². The Labute approximate surface area is 124 Å². The van der Waals surface area contributed by atoms with E-state index in [1.807, 2.05) is 0 Å². The number of nitrogens with two attached hydrogens (primary N) is 1. The van der Waals surface area contributed by atoms with Crippen molar-refractivity contribution in [1.29, 1.82) is 0 Å². The van der Waals surface area contributed by atoms with Gasteiger partial charge in [0.1, 0.15) is 4.99 Å². The molecular weight excluding hydrogens is 352 g/mol. The lowest BCUT2D eigenvalue weighted by molar-refractivity contribution is -0.120. The molecule has 1 aromatic carbocycles. The Kier molecular flexibility index (Phi) is 3.23. The van der Waals surface area contributed by atoms with Gasteiger partial charge in [0.2, 0.25) is 0 Å². The van der Waals surface area contributed by atoms with Crippen molar-refractivity contribution in [3.05, 3.63) is 28.2 Å². The van der Waals surface area contributed by atoms with E-state index in [4.69, 9.17) is 18.0 Å². The maximum atomic E-state index is 12.2. The zero-order valence-electron chi connectivity index (χ0n) is 10.2. The molecule has 5 nitrogen and oxygen atoms in total. The maximum absolute atomic E-state index is 12.2. The van der Waals surface area contributed by atoms with E-state index in [9.17, 15) is 13.2 Å². The van der Waals surface area contributed by atoms with E-state index in [1.165, 1.54) is 19.9 Å². The molecule has 8 heteroatoms. The predicted molar refractivity (Wildman–Crippen MR) is 80.5 cm³/mol. The number of carbonyl (C=O) groups is 1. The molecule has 0 atom stereocenters. The summed E-state index contributed by atoms with van der Waals surface area (Å²) in [6.45, 7) is 2.75. The van der Waals surface area contributed by atoms with Crippen LogP contribution in [-0.2, 0) is 14.8 Å². The van der Waals surface area contributed by atoms with Crippen LogP contribution in [0.4, 0.5) is 5.69 Å². The third-order valence-corrected chi connectivity index (χ3v) is 6.05. The summed E-state index contributed by atoms with van der Waals surface area (Å²) >= 11 is 8.15. The van der Waals surface area contributed by atoms with E-state index in [-0.39, 0.29) is 10.7 Å². The average molecular weight is 363 g/mol. The van der Waals surface area contributed by atoms with Crippen molar-refractivity contribution in [1.82, 2.24) is 0 Å². The van der Waals surface area contributed by atoms with E-state index in [1.54, 1.807) is 12.1 Å². The normalized spacial score (nSPS) is 19.9. The van der Waals surface area contributed by atoms with Gasteiger partial charge in [-0.15, -0.1) is 0 Å². The monoisotopic (exact) mass is 362 g/mol. The zero-order valence-corrected chi connectivity index (χ0v) is 13.4. The Hall–Kier alpha value is -0.990. The summed E-state index contributed by atoms with van der Waals surface area (Å²) in [6.07, 6.45) is 0. The lowest BCUT2D eigenvalue weighted by Crippen LogP contribution is -2.68. The third-order valence-electron chi connectivity index (χ3n) is 3.03. The fourth-order valence-electron chi connectivity index (χ4n) is 1.77. The van der Waals surface area contributed by atoms with Crippen molar-refractivity contribution in [2.24, 2.45) is 5.73 Å². The number of halogens is 1. The molecule has 19 heavy (non-hydrogen) atoms. The Morgan fingerprint density at radius 2 is 2.00 bits per heavy atom. The van der Waals surface area contributed by atoms with Crippen LogP contribution in [-0.4, -0.2) is 24.1 Å². The summed E-state index contributed by atoms with van der Waals surface area (Å²) in [5, 5.41) is 0. The van der Waals surface area contributed by atoms with Crippen molar-refractivity contribution >= 4 is 54.8 Å². The quantitative estimate of drug-likeness (QED) is 0.807. The van der Waals surface area contributed by atoms with Gasteiger partial charge in [-0.3, -0.25) is 4.79 Å². The Balaban J connectivity index is 2.63. The van der Waals surface area contributed by atoms with Gasteiger partial charge < -0.3 is 5.73 Å². The molecule has 2 rings (SSSR count). The fraction of sp³-hybridized carbons (Fsp3) is 0.273. The van der Waals surface area contributed by atoms with Gasteiger partial charge in [0.05, 0.1) is 5.69 Å². The van der Waals surface area contributed by atoms with Crippen LogP contribution in [0.1, 0.15) is 19.4 Å². The molecule has 0 bridgehead atoms. The second-order valence-corrected chi connectivity index (χ2v) is 8.30. The first-order valence-electron chi connectivity index (χ1n) is 5.29. The van der Waals surface area contributed by atoms with Crippen LogP contribution in [0.15, 0.2) is 22.7 Å². The highest BCUT2D eigenvalue weighted by atomic mass is 79.9. The number of sulfonamides is 1. The summed E-state index contributed by atoms with van der Waals surface area (Å²) in [6, 6.07) is 4.72. The third kappa shape index (κ3) is 1.89. The van der Waals surface area contributed by atoms with E-state index in [0.717, 1.165) is 4.31 Å². The first-order valence-corrected chi connectivity index (χ1v) is 7.93. The van der Waals surface area contributed by atoms with Crippen molar-refractivity contribution in [3.63, 3.8) is 0 Å². The molecule has 1 saturated heterocycles. The molecule has 1 aliphatic heterocycles. The van der Waals surface area contributed by atoms with Crippen molar-refractivity contribution < 1.29 is 13.2 Å². The van der Waals surface area contributed by atoms with E-state index < -0.39 is 20.7 Å². The van der Waals surface area contributed by atoms with Gasteiger partial charge in [0.15, 0.2) is 4.75 Å². The topological polar surface area (TPSA) is 80.5 Å². The minimum Gasteiger partial charge on any atom is -0.389 e. The smallest absolute Gasteiger partial charge is 0.263 e. The number of hydrogen-bond donors (Lipinski definition) is 1. The number of benzene rings is 1. The lowest BCUT2D eigenvalue weighted by Gasteiger charge is -2.43. The Bertz CT molecular complexity index is 698. The van der Waals surface area contributed by atoms with Gasteiger partial charge >= 0.3 is 0 Å². The molecular formula is C11H11BrN2O3S2. The van der Waals surface area contributed by atoms with Gasteiger partial charge in [-0.1, -0.05) is 28.1 Å². The number of hydrogen-bond acceptors (Lipinski definition) is 4.